The molecule has 0 aromatic heterocycles. The Morgan fingerprint density at radius 3 is 2.00 bits per heavy atom. The molecule has 0 radical (unpaired) electrons. The van der Waals surface area contributed by atoms with Gasteiger partial charge in [-0.25, -0.2) is 0 Å². The molecular formula is C8H8N6O4. The van der Waals surface area contributed by atoms with Crippen LogP contribution in [-0.4, -0.2) is 22.0 Å². The zero-order valence-corrected chi connectivity index (χ0v) is 8.89. The van der Waals surface area contributed by atoms with Crippen molar-refractivity contribution in [1.82, 2.24) is 0 Å². The van der Waals surface area contributed by atoms with Crippen molar-refractivity contribution in [2.24, 2.45) is 21.7 Å². The molecule has 0 saturated heterocycles. The van der Waals surface area contributed by atoms with E-state index >= 15 is 0 Å². The fourth-order valence-electron chi connectivity index (χ4n) is 1.07. The monoisotopic (exact) mass is 252 g/mol. The van der Waals surface area contributed by atoms with Crippen LogP contribution >= 0.6 is 0 Å². The summed E-state index contributed by atoms with van der Waals surface area (Å²) in [6.45, 7) is 0. The number of nitro groups is 2. The molecule has 0 unspecified atom stereocenters. The fraction of sp³-hybridized carbons (Fsp3) is 0. The summed E-state index contributed by atoms with van der Waals surface area (Å²) in [5, 5.41) is 27.8. The maximum atomic E-state index is 10.6. The Bertz CT molecular complexity index is 516. The van der Waals surface area contributed by atoms with Crippen LogP contribution in [0.25, 0.3) is 0 Å². The third-order valence-electron chi connectivity index (χ3n) is 1.73. The van der Waals surface area contributed by atoms with Gasteiger partial charge in [0.1, 0.15) is 0 Å². The van der Waals surface area contributed by atoms with E-state index in [1.54, 1.807) is 0 Å². The van der Waals surface area contributed by atoms with Gasteiger partial charge in [-0.15, -0.1) is 5.10 Å². The van der Waals surface area contributed by atoms with Crippen LogP contribution in [0.2, 0.25) is 0 Å². The number of guanidine groups is 1. The van der Waals surface area contributed by atoms with Gasteiger partial charge in [-0.2, -0.15) is 5.10 Å². The summed E-state index contributed by atoms with van der Waals surface area (Å²) in [5.41, 5.74) is 9.32. The standard InChI is InChI=1S/C8H8N6O4/c9-8(10)12-11-4-5-1-6(13(15)16)3-7(2-5)14(17)18/h1-4H,(H4,9,10,12)/b11-4+. The van der Waals surface area contributed by atoms with Crippen LogP contribution in [0.3, 0.4) is 0 Å². The molecule has 18 heavy (non-hydrogen) atoms. The molecule has 10 heteroatoms. The zero-order valence-electron chi connectivity index (χ0n) is 8.89. The highest BCUT2D eigenvalue weighted by Gasteiger charge is 2.15. The van der Waals surface area contributed by atoms with Gasteiger partial charge in [0.05, 0.1) is 22.1 Å². The molecule has 0 aliphatic heterocycles. The first-order valence-electron chi connectivity index (χ1n) is 4.46. The number of hydrogen-bond donors (Lipinski definition) is 2. The first-order chi connectivity index (χ1) is 8.40. The van der Waals surface area contributed by atoms with Crippen LogP contribution < -0.4 is 11.5 Å². The summed E-state index contributed by atoms with van der Waals surface area (Å²) in [4.78, 5) is 19.7. The first-order valence-corrected chi connectivity index (χ1v) is 4.46. The quantitative estimate of drug-likeness (QED) is 0.334. The summed E-state index contributed by atoms with van der Waals surface area (Å²) >= 11 is 0. The van der Waals surface area contributed by atoms with Crippen molar-refractivity contribution >= 4 is 23.5 Å². The molecule has 10 nitrogen and oxygen atoms in total. The number of nitrogens with zero attached hydrogens (tertiary/aromatic N) is 4. The molecule has 0 aliphatic carbocycles. The van der Waals surface area contributed by atoms with Gasteiger partial charge >= 0.3 is 0 Å². The number of nitrogens with two attached hydrogens (primary N) is 2. The van der Waals surface area contributed by atoms with Crippen LogP contribution in [0.5, 0.6) is 0 Å². The largest absolute Gasteiger partial charge is 0.369 e. The van der Waals surface area contributed by atoms with E-state index < -0.39 is 21.2 Å². The highest BCUT2D eigenvalue weighted by Crippen LogP contribution is 2.21. The van der Waals surface area contributed by atoms with Gasteiger partial charge in [0, 0.05) is 17.7 Å². The van der Waals surface area contributed by atoms with Gasteiger partial charge < -0.3 is 11.5 Å². The number of rotatable bonds is 4. The summed E-state index contributed by atoms with van der Waals surface area (Å²) in [6.07, 6.45) is 1.07. The summed E-state index contributed by atoms with van der Waals surface area (Å²) in [7, 11) is 0. The van der Waals surface area contributed by atoms with Crippen LogP contribution in [0.15, 0.2) is 28.4 Å². The third kappa shape index (κ3) is 3.52. The highest BCUT2D eigenvalue weighted by molar-refractivity contribution is 5.83. The van der Waals surface area contributed by atoms with Crippen molar-refractivity contribution in [2.45, 2.75) is 0 Å². The van der Waals surface area contributed by atoms with Crippen molar-refractivity contribution in [1.29, 1.82) is 0 Å². The number of non-ortho nitro benzene ring substituents is 2. The van der Waals surface area contributed by atoms with Crippen molar-refractivity contribution < 1.29 is 9.85 Å². The van der Waals surface area contributed by atoms with E-state index in [0.717, 1.165) is 24.4 Å². The number of nitro benzene ring substituents is 2. The fourth-order valence-corrected chi connectivity index (χ4v) is 1.07. The molecule has 0 spiro atoms. The molecule has 0 fully saturated rings. The van der Waals surface area contributed by atoms with Crippen LogP contribution in [0.1, 0.15) is 5.56 Å². The van der Waals surface area contributed by atoms with Crippen molar-refractivity contribution in [3.63, 3.8) is 0 Å². The molecule has 0 atom stereocenters. The molecule has 94 valence electrons. The summed E-state index contributed by atoms with van der Waals surface area (Å²) in [5.74, 6) is -0.300. The van der Waals surface area contributed by atoms with Crippen molar-refractivity contribution in [3.8, 4) is 0 Å². The van der Waals surface area contributed by atoms with Crippen molar-refractivity contribution in [3.05, 3.63) is 44.0 Å². The number of benzene rings is 1. The Kier molecular flexibility index (Phi) is 3.86. The zero-order chi connectivity index (χ0) is 13.7. The van der Waals surface area contributed by atoms with Crippen LogP contribution in [0.4, 0.5) is 11.4 Å². The predicted octanol–water partition coefficient (Wildman–Crippen LogP) is 0.110. The Balaban J connectivity index is 3.19. The molecule has 0 saturated carbocycles. The molecule has 0 amide bonds. The molecule has 4 N–H and O–H groups in total. The molecule has 1 rings (SSSR count). The molecule has 1 aromatic rings. The second-order valence-corrected chi connectivity index (χ2v) is 3.07. The van der Waals surface area contributed by atoms with E-state index in [0.29, 0.717) is 0 Å². The third-order valence-corrected chi connectivity index (χ3v) is 1.73. The second kappa shape index (κ2) is 5.34. The minimum absolute atomic E-state index is 0.140. The first kappa shape index (κ1) is 13.0. The summed E-state index contributed by atoms with van der Waals surface area (Å²) < 4.78 is 0. The lowest BCUT2D eigenvalue weighted by molar-refractivity contribution is -0.394. The van der Waals surface area contributed by atoms with Gasteiger partial charge in [0.2, 0.25) is 5.96 Å². The normalized spacial score (nSPS) is 10.2. The van der Waals surface area contributed by atoms with Crippen LogP contribution in [0, 0.1) is 20.2 Å². The summed E-state index contributed by atoms with van der Waals surface area (Å²) in [6, 6.07) is 3.06. The second-order valence-electron chi connectivity index (χ2n) is 3.07. The predicted molar refractivity (Wildman–Crippen MR) is 63.2 cm³/mol. The van der Waals surface area contributed by atoms with Gasteiger partial charge in [0.25, 0.3) is 11.4 Å². The highest BCUT2D eigenvalue weighted by atomic mass is 16.6. The van der Waals surface area contributed by atoms with E-state index in [1.165, 1.54) is 0 Å². The number of hydrogen-bond acceptors (Lipinski definition) is 6. The van der Waals surface area contributed by atoms with Gasteiger partial charge in [-0.05, 0) is 0 Å². The Morgan fingerprint density at radius 1 is 1.11 bits per heavy atom. The van der Waals surface area contributed by atoms with E-state index in [-0.39, 0.29) is 11.5 Å². The lowest BCUT2D eigenvalue weighted by Gasteiger charge is -1.95. The van der Waals surface area contributed by atoms with Gasteiger partial charge in [-0.1, -0.05) is 0 Å². The van der Waals surface area contributed by atoms with Crippen LogP contribution in [-0.2, 0) is 0 Å². The minimum atomic E-state index is -0.745. The van der Waals surface area contributed by atoms with Gasteiger partial charge in [0.15, 0.2) is 0 Å². The van der Waals surface area contributed by atoms with Gasteiger partial charge in [-0.3, -0.25) is 20.2 Å². The van der Waals surface area contributed by atoms with E-state index in [9.17, 15) is 20.2 Å². The molecule has 0 aliphatic rings. The molecule has 0 bridgehead atoms. The van der Waals surface area contributed by atoms with E-state index in [1.807, 2.05) is 0 Å². The maximum absolute atomic E-state index is 10.6. The minimum Gasteiger partial charge on any atom is -0.369 e. The smallest absolute Gasteiger partial charge is 0.276 e. The molecular weight excluding hydrogens is 244 g/mol. The lowest BCUT2D eigenvalue weighted by atomic mass is 10.2. The Labute approximate surface area is 99.9 Å². The lowest BCUT2D eigenvalue weighted by Crippen LogP contribution is -2.21. The Hall–Kier alpha value is -3.04. The average molecular weight is 252 g/mol. The Morgan fingerprint density at radius 2 is 1.61 bits per heavy atom. The molecule has 1 aromatic carbocycles. The van der Waals surface area contributed by atoms with E-state index in [4.69, 9.17) is 11.5 Å². The topological polar surface area (TPSA) is 163 Å². The maximum Gasteiger partial charge on any atom is 0.276 e. The SMILES string of the molecule is NC(N)=N/N=C/c1cc([N+](=O)[O-])cc([N+](=O)[O-])c1. The van der Waals surface area contributed by atoms with Crippen molar-refractivity contribution in [2.75, 3.05) is 0 Å². The van der Waals surface area contributed by atoms with E-state index in [2.05, 4.69) is 10.2 Å². The average Bonchev–Trinajstić information content (AvgIpc) is 2.28. The molecule has 0 heterocycles.